The Balaban J connectivity index is 1.51. The normalized spacial score (nSPS) is 14.8. The van der Waals surface area contributed by atoms with E-state index in [9.17, 15) is 13.6 Å². The molecule has 8 heteroatoms. The summed E-state index contributed by atoms with van der Waals surface area (Å²) in [5, 5.41) is 7.00. The fraction of sp³-hybridized carbons (Fsp3) is 0.231. The first-order valence-corrected chi connectivity index (χ1v) is 10.9. The van der Waals surface area contributed by atoms with Gasteiger partial charge in [0, 0.05) is 18.1 Å². The largest absolute Gasteiger partial charge is 0.495 e. The second kappa shape index (κ2) is 10.3. The molecule has 0 bridgehead atoms. The zero-order chi connectivity index (χ0) is 24.1. The third kappa shape index (κ3) is 5.51. The second-order valence-electron chi connectivity index (χ2n) is 8.08. The van der Waals surface area contributed by atoms with E-state index in [0.717, 1.165) is 22.9 Å². The van der Waals surface area contributed by atoms with Crippen LogP contribution >= 0.6 is 0 Å². The lowest BCUT2D eigenvalue weighted by molar-refractivity contribution is 0.0606. The number of rotatable bonds is 7. The number of carbonyl (C=O) groups excluding carboxylic acids is 1. The summed E-state index contributed by atoms with van der Waals surface area (Å²) in [6.07, 6.45) is 0.0798. The van der Waals surface area contributed by atoms with Crippen LogP contribution in [-0.4, -0.2) is 36.4 Å². The minimum absolute atomic E-state index is 0.0766. The van der Waals surface area contributed by atoms with E-state index in [1.54, 1.807) is 24.3 Å². The van der Waals surface area contributed by atoms with Crippen molar-refractivity contribution in [2.24, 2.45) is 5.16 Å². The molecule has 1 heterocycles. The average Bonchev–Trinajstić information content (AvgIpc) is 3.29. The molecule has 0 aromatic heterocycles. The summed E-state index contributed by atoms with van der Waals surface area (Å²) in [6, 6.07) is 17.7. The highest BCUT2D eigenvalue weighted by molar-refractivity contribution is 6.01. The first kappa shape index (κ1) is 23.2. The summed E-state index contributed by atoms with van der Waals surface area (Å²) in [7, 11) is 1.51. The van der Waals surface area contributed by atoms with Crippen LogP contribution in [0.5, 0.6) is 5.75 Å². The number of amides is 2. The van der Waals surface area contributed by atoms with E-state index in [1.807, 2.05) is 31.2 Å². The van der Waals surface area contributed by atoms with Crippen LogP contribution in [0.15, 0.2) is 71.9 Å². The number of aryl methyl sites for hydroxylation is 1. The number of methoxy groups -OCH3 is 1. The molecule has 3 aromatic carbocycles. The quantitative estimate of drug-likeness (QED) is 0.501. The van der Waals surface area contributed by atoms with Gasteiger partial charge in [-0.25, -0.2) is 13.6 Å². The maximum Gasteiger partial charge on any atom is 0.322 e. The van der Waals surface area contributed by atoms with Crippen LogP contribution in [0.25, 0.3) is 0 Å². The summed E-state index contributed by atoms with van der Waals surface area (Å²) in [6.45, 7) is 2.08. The van der Waals surface area contributed by atoms with Crippen molar-refractivity contribution in [3.8, 4) is 5.75 Å². The van der Waals surface area contributed by atoms with Gasteiger partial charge in [0.25, 0.3) is 0 Å². The molecule has 0 aliphatic carbocycles. The SMILES string of the molecule is COc1ccccc1NC(=O)N(Cc1ccc(F)cc1F)C[C@H]1CC(c2ccc(C)cc2)=NO1. The van der Waals surface area contributed by atoms with Gasteiger partial charge in [-0.3, -0.25) is 0 Å². The Morgan fingerprint density at radius 1 is 1.15 bits per heavy atom. The third-order valence-electron chi connectivity index (χ3n) is 5.55. The molecule has 176 valence electrons. The fourth-order valence-corrected chi connectivity index (χ4v) is 3.71. The Hall–Kier alpha value is -3.94. The molecule has 0 saturated heterocycles. The van der Waals surface area contributed by atoms with Crippen molar-refractivity contribution in [3.63, 3.8) is 0 Å². The van der Waals surface area contributed by atoms with Gasteiger partial charge in [-0.05, 0) is 30.7 Å². The highest BCUT2D eigenvalue weighted by Crippen LogP contribution is 2.25. The predicted octanol–water partition coefficient (Wildman–Crippen LogP) is 5.51. The van der Waals surface area contributed by atoms with Crippen molar-refractivity contribution in [2.75, 3.05) is 19.0 Å². The minimum atomic E-state index is -0.723. The summed E-state index contributed by atoms with van der Waals surface area (Å²) in [5.74, 6) is -0.911. The van der Waals surface area contributed by atoms with E-state index < -0.39 is 23.8 Å². The summed E-state index contributed by atoms with van der Waals surface area (Å²) >= 11 is 0. The van der Waals surface area contributed by atoms with Gasteiger partial charge in [0.15, 0.2) is 6.10 Å². The number of halogens is 2. The van der Waals surface area contributed by atoms with Crippen LogP contribution < -0.4 is 10.1 Å². The molecule has 3 aromatic rings. The molecule has 0 radical (unpaired) electrons. The first-order valence-electron chi connectivity index (χ1n) is 10.9. The van der Waals surface area contributed by atoms with Crippen LogP contribution in [0.1, 0.15) is 23.1 Å². The van der Waals surface area contributed by atoms with Gasteiger partial charge in [-0.15, -0.1) is 0 Å². The molecule has 4 rings (SSSR count). The van der Waals surface area contributed by atoms with Crippen molar-refractivity contribution < 1.29 is 23.1 Å². The van der Waals surface area contributed by atoms with E-state index in [-0.39, 0.29) is 18.7 Å². The molecular weight excluding hydrogens is 440 g/mol. The maximum atomic E-state index is 14.4. The van der Waals surface area contributed by atoms with E-state index in [4.69, 9.17) is 9.57 Å². The Morgan fingerprint density at radius 3 is 2.65 bits per heavy atom. The van der Waals surface area contributed by atoms with E-state index >= 15 is 0 Å². The van der Waals surface area contributed by atoms with E-state index in [0.29, 0.717) is 17.9 Å². The minimum Gasteiger partial charge on any atom is -0.495 e. The zero-order valence-electron chi connectivity index (χ0n) is 18.9. The van der Waals surface area contributed by atoms with Crippen LogP contribution in [0.2, 0.25) is 0 Å². The molecule has 0 spiro atoms. The number of hydrogen-bond donors (Lipinski definition) is 1. The van der Waals surface area contributed by atoms with Crippen LogP contribution in [0.3, 0.4) is 0 Å². The Bertz CT molecular complexity index is 1200. The zero-order valence-corrected chi connectivity index (χ0v) is 18.9. The smallest absolute Gasteiger partial charge is 0.322 e. The van der Waals surface area contributed by atoms with Crippen molar-refractivity contribution in [1.82, 2.24) is 4.90 Å². The van der Waals surface area contributed by atoms with Gasteiger partial charge >= 0.3 is 6.03 Å². The molecule has 34 heavy (non-hydrogen) atoms. The number of para-hydroxylation sites is 2. The molecule has 6 nitrogen and oxygen atoms in total. The number of nitrogens with zero attached hydrogens (tertiary/aromatic N) is 2. The third-order valence-corrected chi connectivity index (χ3v) is 5.55. The van der Waals surface area contributed by atoms with Crippen molar-refractivity contribution in [3.05, 3.63) is 95.1 Å². The second-order valence-corrected chi connectivity index (χ2v) is 8.08. The van der Waals surface area contributed by atoms with Gasteiger partial charge in [0.1, 0.15) is 17.4 Å². The van der Waals surface area contributed by atoms with Crippen LogP contribution in [-0.2, 0) is 11.4 Å². The first-order chi connectivity index (χ1) is 16.4. The standard InChI is InChI=1S/C26H25F2N3O3/c1-17-7-9-18(10-8-17)24-14-21(34-30-24)16-31(15-19-11-12-20(27)13-22(19)28)26(32)29-23-5-3-4-6-25(23)33-2/h3-13,21H,14-16H2,1-2H3,(H,29,32)/t21-/m1/s1. The van der Waals surface area contributed by atoms with Gasteiger partial charge in [0.05, 0.1) is 31.6 Å². The topological polar surface area (TPSA) is 63.2 Å². The molecule has 1 aliphatic rings. The Morgan fingerprint density at radius 2 is 1.91 bits per heavy atom. The molecule has 0 unspecified atom stereocenters. The van der Waals surface area contributed by atoms with Gasteiger partial charge in [0.2, 0.25) is 0 Å². The molecule has 0 saturated carbocycles. The van der Waals surface area contributed by atoms with Crippen LogP contribution in [0, 0.1) is 18.6 Å². The number of oxime groups is 1. The lowest BCUT2D eigenvalue weighted by Gasteiger charge is -2.26. The van der Waals surface area contributed by atoms with Crippen molar-refractivity contribution in [1.29, 1.82) is 0 Å². The summed E-state index contributed by atoms with van der Waals surface area (Å²) < 4.78 is 33.1. The van der Waals surface area contributed by atoms with E-state index in [1.165, 1.54) is 24.1 Å². The maximum absolute atomic E-state index is 14.4. The monoisotopic (exact) mass is 465 g/mol. The Kier molecular flexibility index (Phi) is 7.06. The van der Waals surface area contributed by atoms with E-state index in [2.05, 4.69) is 10.5 Å². The molecule has 1 atom stereocenters. The highest BCUT2D eigenvalue weighted by Gasteiger charge is 2.28. The molecule has 2 amide bonds. The number of benzene rings is 3. The predicted molar refractivity (Wildman–Crippen MR) is 126 cm³/mol. The number of nitrogens with one attached hydrogen (secondary N) is 1. The van der Waals surface area contributed by atoms with Crippen molar-refractivity contribution >= 4 is 17.4 Å². The summed E-state index contributed by atoms with van der Waals surface area (Å²) in [5.41, 5.74) is 3.53. The van der Waals surface area contributed by atoms with Gasteiger partial charge in [-0.2, -0.15) is 0 Å². The highest BCUT2D eigenvalue weighted by atomic mass is 19.1. The number of carbonyl (C=O) groups is 1. The van der Waals surface area contributed by atoms with Gasteiger partial charge in [-0.1, -0.05) is 53.2 Å². The number of urea groups is 1. The molecule has 1 aliphatic heterocycles. The van der Waals surface area contributed by atoms with Crippen LogP contribution in [0.4, 0.5) is 19.3 Å². The molecular formula is C26H25F2N3O3. The average molecular weight is 466 g/mol. The van der Waals surface area contributed by atoms with Crippen molar-refractivity contribution in [2.45, 2.75) is 26.0 Å². The number of hydrogen-bond acceptors (Lipinski definition) is 4. The lowest BCUT2D eigenvalue weighted by Crippen LogP contribution is -2.40. The summed E-state index contributed by atoms with van der Waals surface area (Å²) in [4.78, 5) is 20.2. The lowest BCUT2D eigenvalue weighted by atomic mass is 10.0. The Labute approximate surface area is 196 Å². The fourth-order valence-electron chi connectivity index (χ4n) is 3.71. The molecule has 0 fully saturated rings. The number of ether oxygens (including phenoxy) is 1. The molecule has 1 N–H and O–H groups in total. The van der Waals surface area contributed by atoms with Gasteiger partial charge < -0.3 is 19.8 Å². The number of anilines is 1.